The summed E-state index contributed by atoms with van der Waals surface area (Å²) < 4.78 is 32.0. The first-order valence-corrected chi connectivity index (χ1v) is 6.97. The molecule has 112 valence electrons. The number of hydrogen-bond donors (Lipinski definition) is 1. The number of benzene rings is 1. The Bertz CT molecular complexity index is 445. The second kappa shape index (κ2) is 6.61. The van der Waals surface area contributed by atoms with Crippen molar-refractivity contribution < 1.29 is 13.5 Å². The lowest BCUT2D eigenvalue weighted by Gasteiger charge is -2.41. The van der Waals surface area contributed by atoms with E-state index in [4.69, 9.17) is 4.74 Å². The van der Waals surface area contributed by atoms with Gasteiger partial charge in [-0.15, -0.1) is 0 Å². The van der Waals surface area contributed by atoms with Crippen molar-refractivity contribution in [2.75, 3.05) is 32.8 Å². The van der Waals surface area contributed by atoms with Crippen molar-refractivity contribution in [2.45, 2.75) is 25.9 Å². The third kappa shape index (κ3) is 3.75. The predicted molar refractivity (Wildman–Crippen MR) is 74.5 cm³/mol. The van der Waals surface area contributed by atoms with Crippen molar-refractivity contribution in [3.63, 3.8) is 0 Å². The average Bonchev–Trinajstić information content (AvgIpc) is 2.44. The lowest BCUT2D eigenvalue weighted by Crippen LogP contribution is -2.54. The molecular weight excluding hydrogens is 262 g/mol. The third-order valence-electron chi connectivity index (χ3n) is 3.77. The van der Waals surface area contributed by atoms with Gasteiger partial charge in [0.1, 0.15) is 0 Å². The molecular formula is C15H22F2N2O. The number of morpholine rings is 1. The molecule has 0 radical (unpaired) electrons. The first-order chi connectivity index (χ1) is 9.50. The molecule has 0 saturated carbocycles. The van der Waals surface area contributed by atoms with Crippen LogP contribution in [0.5, 0.6) is 0 Å². The van der Waals surface area contributed by atoms with Gasteiger partial charge >= 0.3 is 0 Å². The van der Waals surface area contributed by atoms with Crippen LogP contribution in [0.2, 0.25) is 0 Å². The van der Waals surface area contributed by atoms with Gasteiger partial charge < -0.3 is 10.1 Å². The molecule has 0 amide bonds. The molecule has 1 fully saturated rings. The van der Waals surface area contributed by atoms with Gasteiger partial charge in [-0.3, -0.25) is 4.90 Å². The molecule has 0 bridgehead atoms. The summed E-state index contributed by atoms with van der Waals surface area (Å²) in [5.74, 6) is -1.55. The topological polar surface area (TPSA) is 24.5 Å². The Hall–Kier alpha value is -1.04. The molecule has 1 aromatic carbocycles. The van der Waals surface area contributed by atoms with Crippen molar-refractivity contribution in [1.29, 1.82) is 0 Å². The summed E-state index contributed by atoms with van der Waals surface area (Å²) in [6.45, 7) is 8.65. The van der Waals surface area contributed by atoms with Crippen LogP contribution in [0.15, 0.2) is 18.2 Å². The van der Waals surface area contributed by atoms with E-state index in [9.17, 15) is 8.78 Å². The van der Waals surface area contributed by atoms with Gasteiger partial charge in [0.05, 0.1) is 13.2 Å². The zero-order valence-electron chi connectivity index (χ0n) is 12.1. The van der Waals surface area contributed by atoms with Crippen LogP contribution in [0.4, 0.5) is 8.78 Å². The largest absolute Gasteiger partial charge is 0.379 e. The first-order valence-electron chi connectivity index (χ1n) is 6.97. The highest BCUT2D eigenvalue weighted by atomic mass is 19.2. The van der Waals surface area contributed by atoms with Crippen LogP contribution >= 0.6 is 0 Å². The van der Waals surface area contributed by atoms with Crippen molar-refractivity contribution >= 4 is 0 Å². The fourth-order valence-corrected chi connectivity index (χ4v) is 2.47. The highest BCUT2D eigenvalue weighted by molar-refractivity contribution is 5.18. The zero-order valence-corrected chi connectivity index (χ0v) is 12.1. The molecule has 5 heteroatoms. The number of halogens is 2. The maximum absolute atomic E-state index is 13.5. The monoisotopic (exact) mass is 284 g/mol. The highest BCUT2D eigenvalue weighted by Gasteiger charge is 2.27. The summed E-state index contributed by atoms with van der Waals surface area (Å²) in [6.07, 6.45) is 0. The van der Waals surface area contributed by atoms with Crippen molar-refractivity contribution in [3.8, 4) is 0 Å². The van der Waals surface area contributed by atoms with E-state index in [-0.39, 0.29) is 5.54 Å². The van der Waals surface area contributed by atoms with Crippen molar-refractivity contribution in [3.05, 3.63) is 35.4 Å². The summed E-state index contributed by atoms with van der Waals surface area (Å²) in [5.41, 5.74) is 0.330. The highest BCUT2D eigenvalue weighted by Crippen LogP contribution is 2.16. The van der Waals surface area contributed by atoms with E-state index in [2.05, 4.69) is 24.1 Å². The molecule has 1 heterocycles. The van der Waals surface area contributed by atoms with Gasteiger partial charge in [0.2, 0.25) is 0 Å². The molecule has 20 heavy (non-hydrogen) atoms. The number of rotatable bonds is 5. The van der Waals surface area contributed by atoms with E-state index in [0.29, 0.717) is 18.7 Å². The molecule has 1 N–H and O–H groups in total. The van der Waals surface area contributed by atoms with Gasteiger partial charge in [-0.2, -0.15) is 0 Å². The number of hydrogen-bond acceptors (Lipinski definition) is 3. The molecule has 0 spiro atoms. The van der Waals surface area contributed by atoms with Gasteiger partial charge in [-0.1, -0.05) is 12.1 Å². The number of ether oxygens (including phenoxy) is 1. The van der Waals surface area contributed by atoms with E-state index in [0.717, 1.165) is 32.4 Å². The Kier molecular flexibility index (Phi) is 5.07. The minimum atomic E-state index is -0.795. The second-order valence-electron chi connectivity index (χ2n) is 5.73. The number of nitrogens with one attached hydrogen (secondary N) is 1. The summed E-state index contributed by atoms with van der Waals surface area (Å²) >= 11 is 0. The van der Waals surface area contributed by atoms with Gasteiger partial charge in [0.15, 0.2) is 11.6 Å². The summed E-state index contributed by atoms with van der Waals surface area (Å²) in [7, 11) is 0. The molecule has 1 saturated heterocycles. The standard InChI is InChI=1S/C15H22F2N2O/c1-15(2,19-6-8-20-9-7-19)11-18-10-12-4-3-5-13(16)14(12)17/h3-5,18H,6-11H2,1-2H3. The van der Waals surface area contributed by atoms with Crippen LogP contribution in [0, 0.1) is 11.6 Å². The Morgan fingerprint density at radius 2 is 1.95 bits per heavy atom. The van der Waals surface area contributed by atoms with Crippen LogP contribution in [0.1, 0.15) is 19.4 Å². The quantitative estimate of drug-likeness (QED) is 0.897. The van der Waals surface area contributed by atoms with Crippen molar-refractivity contribution in [2.24, 2.45) is 0 Å². The zero-order chi connectivity index (χ0) is 14.6. The van der Waals surface area contributed by atoms with E-state index in [1.54, 1.807) is 6.07 Å². The van der Waals surface area contributed by atoms with Crippen LogP contribution in [0.25, 0.3) is 0 Å². The Balaban J connectivity index is 1.86. The van der Waals surface area contributed by atoms with Crippen LogP contribution < -0.4 is 5.32 Å². The van der Waals surface area contributed by atoms with Crippen LogP contribution in [-0.4, -0.2) is 43.3 Å². The molecule has 0 aromatic heterocycles. The van der Waals surface area contributed by atoms with Gasteiger partial charge in [0, 0.05) is 37.3 Å². The second-order valence-corrected chi connectivity index (χ2v) is 5.73. The number of nitrogens with zero attached hydrogens (tertiary/aromatic N) is 1. The van der Waals surface area contributed by atoms with Crippen LogP contribution in [0.3, 0.4) is 0 Å². The molecule has 1 aromatic rings. The smallest absolute Gasteiger partial charge is 0.163 e. The van der Waals surface area contributed by atoms with Gasteiger partial charge in [0.25, 0.3) is 0 Å². The Labute approximate surface area is 118 Å². The summed E-state index contributed by atoms with van der Waals surface area (Å²) in [4.78, 5) is 2.35. The van der Waals surface area contributed by atoms with Crippen LogP contribution in [-0.2, 0) is 11.3 Å². The maximum atomic E-state index is 13.5. The molecule has 0 unspecified atom stereocenters. The Morgan fingerprint density at radius 3 is 2.65 bits per heavy atom. The molecule has 1 aliphatic heterocycles. The van der Waals surface area contributed by atoms with E-state index < -0.39 is 11.6 Å². The molecule has 2 rings (SSSR count). The first kappa shape index (κ1) is 15.4. The molecule has 0 atom stereocenters. The lowest BCUT2D eigenvalue weighted by atomic mass is 10.0. The summed E-state index contributed by atoms with van der Waals surface area (Å²) in [5, 5.41) is 3.22. The molecule has 0 aliphatic carbocycles. The van der Waals surface area contributed by atoms with Gasteiger partial charge in [-0.05, 0) is 19.9 Å². The normalized spacial score (nSPS) is 17.4. The third-order valence-corrected chi connectivity index (χ3v) is 3.77. The predicted octanol–water partition coefficient (Wildman–Crippen LogP) is 2.17. The SMILES string of the molecule is CC(C)(CNCc1cccc(F)c1F)N1CCOCC1. The van der Waals surface area contributed by atoms with E-state index >= 15 is 0 Å². The maximum Gasteiger partial charge on any atom is 0.163 e. The molecule has 3 nitrogen and oxygen atoms in total. The van der Waals surface area contributed by atoms with E-state index in [1.807, 2.05) is 0 Å². The fourth-order valence-electron chi connectivity index (χ4n) is 2.47. The van der Waals surface area contributed by atoms with Crippen molar-refractivity contribution in [1.82, 2.24) is 10.2 Å². The average molecular weight is 284 g/mol. The minimum absolute atomic E-state index is 0.0341. The lowest BCUT2D eigenvalue weighted by molar-refractivity contribution is -0.00968. The summed E-state index contributed by atoms with van der Waals surface area (Å²) in [6, 6.07) is 4.27. The Morgan fingerprint density at radius 1 is 1.25 bits per heavy atom. The van der Waals surface area contributed by atoms with E-state index in [1.165, 1.54) is 6.07 Å². The molecule has 1 aliphatic rings. The minimum Gasteiger partial charge on any atom is -0.379 e. The fraction of sp³-hybridized carbons (Fsp3) is 0.600. The van der Waals surface area contributed by atoms with Gasteiger partial charge in [-0.25, -0.2) is 8.78 Å².